The van der Waals surface area contributed by atoms with Crippen molar-refractivity contribution in [2.75, 3.05) is 26.2 Å². The molecule has 7 nitrogen and oxygen atoms in total. The number of nitrogens with zero attached hydrogens (tertiary/aromatic N) is 2. The second-order valence-corrected chi connectivity index (χ2v) is 10.1. The lowest BCUT2D eigenvalue weighted by molar-refractivity contribution is -0.136. The van der Waals surface area contributed by atoms with E-state index in [2.05, 4.69) is 4.74 Å². The van der Waals surface area contributed by atoms with Crippen LogP contribution in [0.25, 0.3) is 0 Å². The number of likely N-dealkylation sites (tertiary alicyclic amines) is 1. The predicted octanol–water partition coefficient (Wildman–Crippen LogP) is 2.60. The molecule has 2 aliphatic rings. The number of carbonyl (C=O) groups excluding carboxylic acids is 1. The number of aliphatic hydroxyl groups is 1. The molecular weight excluding hydrogens is 454 g/mol. The van der Waals surface area contributed by atoms with E-state index in [1.807, 2.05) is 30.3 Å². The van der Waals surface area contributed by atoms with E-state index < -0.39 is 28.7 Å². The summed E-state index contributed by atoms with van der Waals surface area (Å²) in [4.78, 5) is 14.6. The number of sulfonamides is 1. The Morgan fingerprint density at radius 1 is 0.970 bits per heavy atom. The molecule has 0 radical (unpaired) electrons. The zero-order valence-corrected chi connectivity index (χ0v) is 18.7. The molecule has 0 aliphatic carbocycles. The van der Waals surface area contributed by atoms with Gasteiger partial charge in [-0.2, -0.15) is 13.1 Å². The number of hydrogen-bond acceptors (Lipinski definition) is 5. The Morgan fingerprint density at radius 2 is 1.55 bits per heavy atom. The van der Waals surface area contributed by atoms with Crippen LogP contribution in [-0.4, -0.2) is 67.5 Å². The maximum Gasteiger partial charge on any atom is 0.387 e. The summed E-state index contributed by atoms with van der Waals surface area (Å²) in [5.41, 5.74) is 2.74. The van der Waals surface area contributed by atoms with E-state index in [0.29, 0.717) is 13.1 Å². The summed E-state index contributed by atoms with van der Waals surface area (Å²) in [6, 6.07) is 14.0. The van der Waals surface area contributed by atoms with Crippen LogP contribution in [0.4, 0.5) is 8.78 Å². The second kappa shape index (κ2) is 9.20. The number of halogens is 2. The molecule has 2 heterocycles. The number of alkyl halides is 2. The van der Waals surface area contributed by atoms with Crippen molar-refractivity contribution in [1.82, 2.24) is 9.21 Å². The van der Waals surface area contributed by atoms with Crippen molar-refractivity contribution in [3.63, 3.8) is 0 Å². The van der Waals surface area contributed by atoms with Gasteiger partial charge in [0.05, 0.1) is 16.9 Å². The zero-order valence-electron chi connectivity index (χ0n) is 17.9. The van der Waals surface area contributed by atoms with Crippen molar-refractivity contribution in [2.24, 2.45) is 0 Å². The predicted molar refractivity (Wildman–Crippen MR) is 116 cm³/mol. The van der Waals surface area contributed by atoms with Crippen molar-refractivity contribution in [3.8, 4) is 5.75 Å². The molecule has 1 N–H and O–H groups in total. The highest BCUT2D eigenvalue weighted by Gasteiger charge is 2.40. The molecule has 2 atom stereocenters. The molecule has 2 aromatic carbocycles. The number of ether oxygens (including phenoxy) is 1. The van der Waals surface area contributed by atoms with Gasteiger partial charge in [0.2, 0.25) is 15.9 Å². The van der Waals surface area contributed by atoms with Gasteiger partial charge < -0.3 is 14.7 Å². The Hall–Kier alpha value is -2.82. The highest BCUT2D eigenvalue weighted by Crippen LogP contribution is 2.33. The van der Waals surface area contributed by atoms with E-state index in [9.17, 15) is 27.1 Å². The number of aliphatic hydroxyl groups excluding tert-OH is 1. The molecule has 4 rings (SSSR count). The number of carbonyl (C=O) groups is 1. The molecule has 10 heteroatoms. The Kier molecular flexibility index (Phi) is 6.51. The van der Waals surface area contributed by atoms with Gasteiger partial charge in [-0.15, -0.1) is 0 Å². The maximum absolute atomic E-state index is 12.9. The van der Waals surface area contributed by atoms with Crippen LogP contribution >= 0.6 is 0 Å². The van der Waals surface area contributed by atoms with Crippen molar-refractivity contribution in [1.29, 1.82) is 0 Å². The van der Waals surface area contributed by atoms with Crippen LogP contribution in [-0.2, 0) is 14.8 Å². The average molecular weight is 479 g/mol. The number of rotatable bonds is 7. The smallest absolute Gasteiger partial charge is 0.387 e. The van der Waals surface area contributed by atoms with Gasteiger partial charge in [-0.3, -0.25) is 4.79 Å². The molecule has 176 valence electrons. The van der Waals surface area contributed by atoms with Crippen LogP contribution in [0.5, 0.6) is 5.75 Å². The maximum atomic E-state index is 12.9. The molecule has 2 saturated heterocycles. The molecule has 0 spiro atoms. The first-order valence-electron chi connectivity index (χ1n) is 10.4. The summed E-state index contributed by atoms with van der Waals surface area (Å²) in [6.45, 7) is -0.0963. The first-order chi connectivity index (χ1) is 15.7. The van der Waals surface area contributed by atoms with Crippen molar-refractivity contribution in [3.05, 3.63) is 71.3 Å². The fourth-order valence-corrected chi connectivity index (χ4v) is 5.42. The Bertz CT molecular complexity index is 1140. The van der Waals surface area contributed by atoms with E-state index >= 15 is 0 Å². The van der Waals surface area contributed by atoms with E-state index in [1.54, 1.807) is 11.8 Å². The fourth-order valence-electron chi connectivity index (χ4n) is 3.99. The van der Waals surface area contributed by atoms with Gasteiger partial charge in [-0.1, -0.05) is 30.3 Å². The van der Waals surface area contributed by atoms with Crippen LogP contribution in [0.15, 0.2) is 70.6 Å². The number of benzene rings is 2. The van der Waals surface area contributed by atoms with Crippen molar-refractivity contribution in [2.45, 2.75) is 30.5 Å². The van der Waals surface area contributed by atoms with Gasteiger partial charge in [0.25, 0.3) is 0 Å². The Balaban J connectivity index is 1.36. The lowest BCUT2D eigenvalue weighted by Gasteiger charge is -2.43. The Morgan fingerprint density at radius 3 is 2.09 bits per heavy atom. The van der Waals surface area contributed by atoms with Gasteiger partial charge >= 0.3 is 6.61 Å². The fraction of sp³-hybridized carbons (Fsp3) is 0.348. The number of amides is 1. The minimum Gasteiger partial charge on any atom is -0.435 e. The summed E-state index contributed by atoms with van der Waals surface area (Å²) in [7, 11) is -3.75. The van der Waals surface area contributed by atoms with E-state index in [0.717, 1.165) is 16.7 Å². The summed E-state index contributed by atoms with van der Waals surface area (Å²) < 4.78 is 55.5. The van der Waals surface area contributed by atoms with Crippen LogP contribution in [0.2, 0.25) is 0 Å². The van der Waals surface area contributed by atoms with E-state index in [-0.39, 0.29) is 29.6 Å². The molecule has 2 aliphatic heterocycles. The lowest BCUT2D eigenvalue weighted by Crippen LogP contribution is -2.53. The number of hydrogen-bond donors (Lipinski definition) is 1. The zero-order chi connectivity index (χ0) is 23.8. The molecular formula is C23H24F2N2O5S. The first kappa shape index (κ1) is 23.3. The minimum absolute atomic E-state index is 0.00113. The first-order valence-corrected chi connectivity index (χ1v) is 11.9. The average Bonchev–Trinajstić information content (AvgIpc) is 2.69. The Labute approximate surface area is 190 Å². The third-order valence-electron chi connectivity index (χ3n) is 5.90. The van der Waals surface area contributed by atoms with Gasteiger partial charge in [0, 0.05) is 26.2 Å². The second-order valence-electron chi connectivity index (χ2n) is 8.15. The van der Waals surface area contributed by atoms with Crippen LogP contribution < -0.4 is 4.74 Å². The quantitative estimate of drug-likeness (QED) is 0.619. The summed E-state index contributed by atoms with van der Waals surface area (Å²) in [5.74, 6) is -0.913. The minimum atomic E-state index is -3.75. The van der Waals surface area contributed by atoms with E-state index in [1.165, 1.54) is 28.6 Å². The highest BCUT2D eigenvalue weighted by atomic mass is 32.2. The van der Waals surface area contributed by atoms with Crippen LogP contribution in [0.3, 0.4) is 0 Å². The summed E-state index contributed by atoms with van der Waals surface area (Å²) in [6.07, 6.45) is -0.835. The molecule has 0 bridgehead atoms. The van der Waals surface area contributed by atoms with Gasteiger partial charge in [0.15, 0.2) is 0 Å². The lowest BCUT2D eigenvalue weighted by atomic mass is 9.89. The highest BCUT2D eigenvalue weighted by molar-refractivity contribution is 7.89. The molecule has 2 fully saturated rings. The molecule has 1 amide bonds. The van der Waals surface area contributed by atoms with Crippen LogP contribution in [0, 0.1) is 0 Å². The summed E-state index contributed by atoms with van der Waals surface area (Å²) >= 11 is 0. The topological polar surface area (TPSA) is 87.2 Å². The largest absolute Gasteiger partial charge is 0.435 e. The van der Waals surface area contributed by atoms with Gasteiger partial charge in [0.1, 0.15) is 5.75 Å². The third kappa shape index (κ3) is 4.78. The third-order valence-corrected chi connectivity index (χ3v) is 7.71. The molecule has 0 saturated carbocycles. The summed E-state index contributed by atoms with van der Waals surface area (Å²) in [5, 5.41) is 10.2. The standard InChI is InChI=1S/C23H24F2N2O5S/c1-15(28)21(16-5-3-2-4-6-16)22(29)26-11-17(12-26)18-13-27(14-18)33(30,31)20-9-7-19(8-10-20)32-23(24)25/h2-10,15,21,23,28H,11-14H2,1H3/t15?,21-/m1/s1. The monoisotopic (exact) mass is 478 g/mol. The molecule has 0 aromatic heterocycles. The van der Waals surface area contributed by atoms with Gasteiger partial charge in [-0.05, 0) is 47.9 Å². The molecule has 33 heavy (non-hydrogen) atoms. The molecule has 2 aromatic rings. The SMILES string of the molecule is CC(O)[C@@H](C(=O)N1CC(=C2CN(S(=O)(=O)c3ccc(OC(F)F)cc3)C2)C1)c1ccccc1. The van der Waals surface area contributed by atoms with Crippen LogP contribution in [0.1, 0.15) is 18.4 Å². The van der Waals surface area contributed by atoms with E-state index in [4.69, 9.17) is 0 Å². The normalized spacial score (nSPS) is 18.5. The van der Waals surface area contributed by atoms with Crippen molar-refractivity contribution >= 4 is 15.9 Å². The molecule has 1 unspecified atom stereocenters. The van der Waals surface area contributed by atoms with Crippen molar-refractivity contribution < 1.29 is 31.8 Å². The van der Waals surface area contributed by atoms with Gasteiger partial charge in [-0.25, -0.2) is 8.42 Å².